The Morgan fingerprint density at radius 1 is 1.22 bits per heavy atom. The van der Waals surface area contributed by atoms with Gasteiger partial charge in [-0.05, 0) is 48.6 Å². The number of rotatable bonds is 4. The molecular weight excluding hydrogens is 341 g/mol. The highest BCUT2D eigenvalue weighted by molar-refractivity contribution is 5.78. The van der Waals surface area contributed by atoms with E-state index >= 15 is 0 Å². The van der Waals surface area contributed by atoms with Gasteiger partial charge in [-0.25, -0.2) is 9.37 Å². The van der Waals surface area contributed by atoms with Gasteiger partial charge in [0.15, 0.2) is 0 Å². The Balaban J connectivity index is 1.67. The third-order valence-electron chi connectivity index (χ3n) is 5.57. The maximum absolute atomic E-state index is 13.9. The second kappa shape index (κ2) is 7.51. The molecule has 0 spiro atoms. The van der Waals surface area contributed by atoms with Gasteiger partial charge in [-0.2, -0.15) is 0 Å². The molecule has 1 aliphatic rings. The quantitative estimate of drug-likeness (QED) is 0.693. The van der Waals surface area contributed by atoms with E-state index in [0.717, 1.165) is 42.8 Å². The molecule has 0 N–H and O–H groups in total. The van der Waals surface area contributed by atoms with E-state index < -0.39 is 0 Å². The number of fused-ring (bicyclic) bond motifs is 1. The van der Waals surface area contributed by atoms with Gasteiger partial charge in [0.25, 0.3) is 0 Å². The fourth-order valence-corrected chi connectivity index (χ4v) is 3.89. The van der Waals surface area contributed by atoms with Crippen LogP contribution in [0, 0.1) is 11.7 Å². The molecule has 0 radical (unpaired) electrons. The summed E-state index contributed by atoms with van der Waals surface area (Å²) in [6, 6.07) is 12.4. The summed E-state index contributed by atoms with van der Waals surface area (Å²) < 4.78 is 15.9. The third kappa shape index (κ3) is 3.72. The zero-order valence-electron chi connectivity index (χ0n) is 15.5. The van der Waals surface area contributed by atoms with E-state index in [2.05, 4.69) is 11.9 Å². The Bertz CT molecular complexity index is 943. The van der Waals surface area contributed by atoms with Crippen molar-refractivity contribution in [2.45, 2.75) is 32.1 Å². The maximum atomic E-state index is 13.9. The van der Waals surface area contributed by atoms with Gasteiger partial charge in [0.1, 0.15) is 11.5 Å². The van der Waals surface area contributed by atoms with E-state index in [1.165, 1.54) is 12.1 Å². The van der Waals surface area contributed by atoms with Gasteiger partial charge in [-0.15, -0.1) is 0 Å². The van der Waals surface area contributed by atoms with Crippen molar-refractivity contribution in [3.8, 4) is 0 Å². The summed E-state index contributed by atoms with van der Waals surface area (Å²) in [5.41, 5.74) is 2.54. The number of piperidine rings is 1. The molecule has 27 heavy (non-hydrogen) atoms. The molecule has 3 aromatic rings. The number of imidazole rings is 1. The minimum atomic E-state index is -0.287. The number of hydrogen-bond donors (Lipinski definition) is 0. The number of aromatic nitrogens is 2. The summed E-state index contributed by atoms with van der Waals surface area (Å²) in [5, 5.41) is 0. The molecule has 1 atom stereocenters. The van der Waals surface area contributed by atoms with Gasteiger partial charge in [0.05, 0.1) is 5.69 Å². The molecule has 1 aromatic carbocycles. The summed E-state index contributed by atoms with van der Waals surface area (Å²) >= 11 is 0. The van der Waals surface area contributed by atoms with Crippen molar-refractivity contribution in [3.05, 3.63) is 71.9 Å². The summed E-state index contributed by atoms with van der Waals surface area (Å²) in [6.07, 6.45) is 6.16. The number of nitrogens with zero attached hydrogens (tertiary/aromatic N) is 3. The molecule has 1 amide bonds. The van der Waals surface area contributed by atoms with Crippen molar-refractivity contribution in [2.24, 2.45) is 5.92 Å². The first-order valence-corrected chi connectivity index (χ1v) is 9.57. The molecule has 0 bridgehead atoms. The molecule has 1 saturated heterocycles. The first-order valence-electron chi connectivity index (χ1n) is 9.57. The average molecular weight is 365 g/mol. The number of benzene rings is 1. The Morgan fingerprint density at radius 2 is 2.04 bits per heavy atom. The van der Waals surface area contributed by atoms with Crippen molar-refractivity contribution in [1.82, 2.24) is 14.3 Å². The van der Waals surface area contributed by atoms with Crippen LogP contribution in [0.4, 0.5) is 4.39 Å². The summed E-state index contributed by atoms with van der Waals surface area (Å²) in [7, 11) is 0. The molecule has 140 valence electrons. The predicted molar refractivity (Wildman–Crippen MR) is 103 cm³/mol. The Labute approximate surface area is 158 Å². The molecule has 1 aliphatic heterocycles. The lowest BCUT2D eigenvalue weighted by atomic mass is 9.91. The molecule has 3 heterocycles. The van der Waals surface area contributed by atoms with Crippen LogP contribution in [0.5, 0.6) is 0 Å². The summed E-state index contributed by atoms with van der Waals surface area (Å²) in [4.78, 5) is 19.4. The summed E-state index contributed by atoms with van der Waals surface area (Å²) in [5.74, 6) is 0.282. The number of pyridine rings is 1. The van der Waals surface area contributed by atoms with Crippen LogP contribution < -0.4 is 0 Å². The van der Waals surface area contributed by atoms with Crippen molar-refractivity contribution in [3.63, 3.8) is 0 Å². The van der Waals surface area contributed by atoms with Crippen molar-refractivity contribution < 1.29 is 9.18 Å². The maximum Gasteiger partial charge on any atom is 0.223 e. The number of likely N-dealkylation sites (tertiary alicyclic amines) is 1. The number of halogens is 1. The van der Waals surface area contributed by atoms with Crippen LogP contribution >= 0.6 is 0 Å². The first-order chi connectivity index (χ1) is 13.1. The predicted octanol–water partition coefficient (Wildman–Crippen LogP) is 4.25. The lowest BCUT2D eigenvalue weighted by Crippen LogP contribution is -2.38. The van der Waals surface area contributed by atoms with Crippen LogP contribution in [-0.2, 0) is 4.79 Å². The lowest BCUT2D eigenvalue weighted by molar-refractivity contribution is -0.132. The number of carbonyl (C=O) groups is 1. The molecule has 2 aromatic heterocycles. The Hall–Kier alpha value is -2.69. The standard InChI is InChI=1S/C22H24FN3O/c1-16-8-11-25(12-9-16)22(27)14-19(17-5-4-6-18(23)13-17)20-15-24-21-7-2-3-10-26(20)21/h2-7,10,13,15-16,19H,8-9,11-12,14H2,1H3. The molecule has 1 fully saturated rings. The normalized spacial score (nSPS) is 16.6. The van der Waals surface area contributed by atoms with E-state index in [0.29, 0.717) is 12.3 Å². The fourth-order valence-electron chi connectivity index (χ4n) is 3.89. The highest BCUT2D eigenvalue weighted by Crippen LogP contribution is 2.30. The number of carbonyl (C=O) groups excluding carboxylic acids is 1. The fraction of sp³-hybridized carbons (Fsp3) is 0.364. The Kier molecular flexibility index (Phi) is 4.92. The van der Waals surface area contributed by atoms with E-state index in [9.17, 15) is 9.18 Å². The topological polar surface area (TPSA) is 37.6 Å². The van der Waals surface area contributed by atoms with E-state index in [-0.39, 0.29) is 17.6 Å². The molecule has 0 aliphatic carbocycles. The lowest BCUT2D eigenvalue weighted by Gasteiger charge is -2.31. The zero-order chi connectivity index (χ0) is 18.8. The van der Waals surface area contributed by atoms with E-state index in [1.807, 2.05) is 39.8 Å². The third-order valence-corrected chi connectivity index (χ3v) is 5.57. The van der Waals surface area contributed by atoms with E-state index in [1.54, 1.807) is 12.3 Å². The zero-order valence-corrected chi connectivity index (χ0v) is 15.5. The van der Waals surface area contributed by atoms with Crippen LogP contribution in [0.15, 0.2) is 54.9 Å². The first kappa shape index (κ1) is 17.7. The SMILES string of the molecule is CC1CCN(C(=O)CC(c2cccc(F)c2)c2cnc3ccccn23)CC1. The van der Waals surface area contributed by atoms with Gasteiger partial charge in [0.2, 0.25) is 5.91 Å². The second-order valence-electron chi connectivity index (χ2n) is 7.49. The highest BCUT2D eigenvalue weighted by atomic mass is 19.1. The van der Waals surface area contributed by atoms with Gasteiger partial charge in [0, 0.05) is 37.8 Å². The molecule has 0 saturated carbocycles. The van der Waals surface area contributed by atoms with Crippen molar-refractivity contribution >= 4 is 11.6 Å². The van der Waals surface area contributed by atoms with Gasteiger partial charge in [-0.1, -0.05) is 25.1 Å². The smallest absolute Gasteiger partial charge is 0.223 e. The second-order valence-corrected chi connectivity index (χ2v) is 7.49. The largest absolute Gasteiger partial charge is 0.343 e. The van der Waals surface area contributed by atoms with Crippen LogP contribution in [-0.4, -0.2) is 33.3 Å². The van der Waals surface area contributed by atoms with Crippen LogP contribution in [0.3, 0.4) is 0 Å². The van der Waals surface area contributed by atoms with Crippen molar-refractivity contribution in [1.29, 1.82) is 0 Å². The number of amides is 1. The van der Waals surface area contributed by atoms with Gasteiger partial charge < -0.3 is 9.30 Å². The minimum Gasteiger partial charge on any atom is -0.343 e. The van der Waals surface area contributed by atoms with Gasteiger partial charge in [-0.3, -0.25) is 4.79 Å². The Morgan fingerprint density at radius 3 is 2.81 bits per heavy atom. The van der Waals surface area contributed by atoms with Crippen LogP contribution in [0.1, 0.15) is 43.4 Å². The molecule has 5 heteroatoms. The number of hydrogen-bond acceptors (Lipinski definition) is 2. The van der Waals surface area contributed by atoms with Crippen LogP contribution in [0.2, 0.25) is 0 Å². The van der Waals surface area contributed by atoms with E-state index in [4.69, 9.17) is 0 Å². The molecule has 1 unspecified atom stereocenters. The molecule has 4 nitrogen and oxygen atoms in total. The minimum absolute atomic E-state index is 0.127. The summed E-state index contributed by atoms with van der Waals surface area (Å²) in [6.45, 7) is 3.85. The molecular formula is C22H24FN3O. The van der Waals surface area contributed by atoms with Crippen molar-refractivity contribution in [2.75, 3.05) is 13.1 Å². The highest BCUT2D eigenvalue weighted by Gasteiger charge is 2.26. The van der Waals surface area contributed by atoms with Crippen LogP contribution in [0.25, 0.3) is 5.65 Å². The molecule has 4 rings (SSSR count). The average Bonchev–Trinajstić information content (AvgIpc) is 3.10. The van der Waals surface area contributed by atoms with Gasteiger partial charge >= 0.3 is 0 Å². The monoisotopic (exact) mass is 365 g/mol.